The zero-order chi connectivity index (χ0) is 13.3. The van der Waals surface area contributed by atoms with Gasteiger partial charge in [-0.2, -0.15) is 0 Å². The smallest absolute Gasteiger partial charge is 0.308 e. The van der Waals surface area contributed by atoms with Gasteiger partial charge in [0.1, 0.15) is 0 Å². The summed E-state index contributed by atoms with van der Waals surface area (Å²) in [5.41, 5.74) is 0.782. The molecular weight excluding hydrogens is 234 g/mol. The van der Waals surface area contributed by atoms with Gasteiger partial charge in [-0.3, -0.25) is 9.59 Å². The molecule has 5 nitrogen and oxygen atoms in total. The van der Waals surface area contributed by atoms with E-state index in [9.17, 15) is 9.59 Å². The van der Waals surface area contributed by atoms with Crippen LogP contribution >= 0.6 is 0 Å². The molecule has 0 aliphatic carbocycles. The number of piperidine rings is 1. The largest absolute Gasteiger partial charge is 0.481 e. The minimum atomic E-state index is -0.837. The fourth-order valence-corrected chi connectivity index (χ4v) is 2.31. The summed E-state index contributed by atoms with van der Waals surface area (Å²) in [6.45, 7) is 4.00. The molecule has 1 aromatic rings. The van der Waals surface area contributed by atoms with Gasteiger partial charge in [0.15, 0.2) is 5.76 Å². The number of aryl methyl sites for hydroxylation is 1. The van der Waals surface area contributed by atoms with Crippen molar-refractivity contribution >= 4 is 11.9 Å². The molecule has 1 saturated heterocycles. The lowest BCUT2D eigenvalue weighted by Gasteiger charge is -2.36. The van der Waals surface area contributed by atoms with E-state index < -0.39 is 11.9 Å². The van der Waals surface area contributed by atoms with E-state index in [4.69, 9.17) is 9.52 Å². The average molecular weight is 251 g/mol. The van der Waals surface area contributed by atoms with Crippen LogP contribution in [-0.2, 0) is 4.79 Å². The molecule has 2 rings (SSSR count). The maximum atomic E-state index is 12.3. The molecule has 18 heavy (non-hydrogen) atoms. The van der Waals surface area contributed by atoms with E-state index in [2.05, 4.69) is 0 Å². The Balaban J connectivity index is 2.18. The SMILES string of the molecule is Cc1ccoc1C(=O)N1CC(C(=O)O)CCC1C. The summed E-state index contributed by atoms with van der Waals surface area (Å²) in [5, 5.41) is 9.05. The molecule has 0 bridgehead atoms. The quantitative estimate of drug-likeness (QED) is 0.871. The van der Waals surface area contributed by atoms with Crippen LogP contribution in [0.2, 0.25) is 0 Å². The fraction of sp³-hybridized carbons (Fsp3) is 0.538. The molecule has 1 fully saturated rings. The van der Waals surface area contributed by atoms with Crippen molar-refractivity contribution in [3.63, 3.8) is 0 Å². The van der Waals surface area contributed by atoms with E-state index in [0.717, 1.165) is 5.56 Å². The predicted molar refractivity (Wildman–Crippen MR) is 64.3 cm³/mol. The van der Waals surface area contributed by atoms with Gasteiger partial charge < -0.3 is 14.4 Å². The number of nitrogens with zero attached hydrogens (tertiary/aromatic N) is 1. The summed E-state index contributed by atoms with van der Waals surface area (Å²) in [5.74, 6) is -1.21. The van der Waals surface area contributed by atoms with Gasteiger partial charge in [0.2, 0.25) is 0 Å². The zero-order valence-electron chi connectivity index (χ0n) is 10.5. The van der Waals surface area contributed by atoms with Crippen LogP contribution in [0.1, 0.15) is 35.9 Å². The van der Waals surface area contributed by atoms with Crippen molar-refractivity contribution in [3.8, 4) is 0 Å². The first kappa shape index (κ1) is 12.7. The maximum Gasteiger partial charge on any atom is 0.308 e. The standard InChI is InChI=1S/C13H17NO4/c1-8-5-6-18-11(8)12(15)14-7-10(13(16)17)4-3-9(14)2/h5-6,9-10H,3-4,7H2,1-2H3,(H,16,17). The first-order valence-electron chi connectivity index (χ1n) is 6.08. The first-order valence-corrected chi connectivity index (χ1v) is 6.08. The molecule has 1 N–H and O–H groups in total. The summed E-state index contributed by atoms with van der Waals surface area (Å²) in [6, 6.07) is 1.79. The van der Waals surface area contributed by atoms with Crippen LogP contribution in [0.3, 0.4) is 0 Å². The van der Waals surface area contributed by atoms with Gasteiger partial charge in [-0.15, -0.1) is 0 Å². The number of rotatable bonds is 2. The average Bonchev–Trinajstić information content (AvgIpc) is 2.75. The Morgan fingerprint density at radius 2 is 2.17 bits per heavy atom. The lowest BCUT2D eigenvalue weighted by atomic mass is 9.93. The molecule has 1 aliphatic heterocycles. The lowest BCUT2D eigenvalue weighted by Crippen LogP contribution is -2.47. The number of amides is 1. The molecule has 5 heteroatoms. The van der Waals surface area contributed by atoms with Crippen molar-refractivity contribution in [3.05, 3.63) is 23.7 Å². The molecule has 1 amide bonds. The molecule has 2 heterocycles. The predicted octanol–water partition coefficient (Wildman–Crippen LogP) is 1.91. The van der Waals surface area contributed by atoms with Gasteiger partial charge in [-0.05, 0) is 32.8 Å². The Bertz CT molecular complexity index is 465. The van der Waals surface area contributed by atoms with E-state index in [1.54, 1.807) is 17.9 Å². The van der Waals surface area contributed by atoms with Gasteiger partial charge in [0.25, 0.3) is 5.91 Å². The monoisotopic (exact) mass is 251 g/mol. The summed E-state index contributed by atoms with van der Waals surface area (Å²) in [4.78, 5) is 24.9. The second-order valence-electron chi connectivity index (χ2n) is 4.85. The normalized spacial score (nSPS) is 24.0. The number of carboxylic acid groups (broad SMARTS) is 1. The Hall–Kier alpha value is -1.78. The maximum absolute atomic E-state index is 12.3. The number of aliphatic carboxylic acids is 1. The topological polar surface area (TPSA) is 70.8 Å². The molecular formula is C13H17NO4. The number of furan rings is 1. The number of hydrogen-bond donors (Lipinski definition) is 1. The highest BCUT2D eigenvalue weighted by Gasteiger charge is 2.34. The molecule has 98 valence electrons. The minimum absolute atomic E-state index is 0.0533. The Morgan fingerprint density at radius 1 is 1.44 bits per heavy atom. The molecule has 0 radical (unpaired) electrons. The van der Waals surface area contributed by atoms with E-state index in [1.807, 2.05) is 6.92 Å². The van der Waals surface area contributed by atoms with Crippen molar-refractivity contribution in [1.82, 2.24) is 4.90 Å². The summed E-state index contributed by atoms with van der Waals surface area (Å²) in [7, 11) is 0. The van der Waals surface area contributed by atoms with E-state index >= 15 is 0 Å². The highest BCUT2D eigenvalue weighted by Crippen LogP contribution is 2.24. The van der Waals surface area contributed by atoms with Crippen molar-refractivity contribution in [2.75, 3.05) is 6.54 Å². The lowest BCUT2D eigenvalue weighted by molar-refractivity contribution is -0.143. The third-order valence-corrected chi connectivity index (χ3v) is 3.55. The van der Waals surface area contributed by atoms with Gasteiger partial charge in [0, 0.05) is 18.2 Å². The first-order chi connectivity index (χ1) is 8.50. The molecule has 1 aliphatic rings. The minimum Gasteiger partial charge on any atom is -0.481 e. The van der Waals surface area contributed by atoms with E-state index in [0.29, 0.717) is 18.6 Å². The molecule has 0 saturated carbocycles. The Morgan fingerprint density at radius 3 is 2.72 bits per heavy atom. The summed E-state index contributed by atoms with van der Waals surface area (Å²) < 4.78 is 5.18. The Kier molecular flexibility index (Phi) is 3.41. The number of carbonyl (C=O) groups excluding carboxylic acids is 1. The van der Waals surface area contributed by atoms with Gasteiger partial charge >= 0.3 is 5.97 Å². The van der Waals surface area contributed by atoms with Crippen LogP contribution in [0, 0.1) is 12.8 Å². The molecule has 2 unspecified atom stereocenters. The van der Waals surface area contributed by atoms with Crippen molar-refractivity contribution in [1.29, 1.82) is 0 Å². The zero-order valence-corrected chi connectivity index (χ0v) is 10.5. The second-order valence-corrected chi connectivity index (χ2v) is 4.85. The number of carboxylic acids is 1. The van der Waals surface area contributed by atoms with Crippen LogP contribution in [0.4, 0.5) is 0 Å². The molecule has 1 aromatic heterocycles. The van der Waals surface area contributed by atoms with Crippen molar-refractivity contribution < 1.29 is 19.1 Å². The molecule has 0 spiro atoms. The van der Waals surface area contributed by atoms with Crippen LogP contribution in [0.15, 0.2) is 16.7 Å². The van der Waals surface area contributed by atoms with Crippen LogP contribution in [0.5, 0.6) is 0 Å². The number of likely N-dealkylation sites (tertiary alicyclic amines) is 1. The van der Waals surface area contributed by atoms with E-state index in [-0.39, 0.29) is 18.5 Å². The fourth-order valence-electron chi connectivity index (χ4n) is 2.31. The highest BCUT2D eigenvalue weighted by molar-refractivity contribution is 5.93. The highest BCUT2D eigenvalue weighted by atomic mass is 16.4. The van der Waals surface area contributed by atoms with Gasteiger partial charge in [-0.1, -0.05) is 0 Å². The van der Waals surface area contributed by atoms with Gasteiger partial charge in [-0.25, -0.2) is 0 Å². The number of hydrogen-bond acceptors (Lipinski definition) is 3. The van der Waals surface area contributed by atoms with E-state index in [1.165, 1.54) is 6.26 Å². The van der Waals surface area contributed by atoms with Crippen molar-refractivity contribution in [2.24, 2.45) is 5.92 Å². The van der Waals surface area contributed by atoms with Gasteiger partial charge in [0.05, 0.1) is 12.2 Å². The molecule has 2 atom stereocenters. The van der Waals surface area contributed by atoms with Crippen LogP contribution < -0.4 is 0 Å². The summed E-state index contributed by atoms with van der Waals surface area (Å²) in [6.07, 6.45) is 2.81. The number of carbonyl (C=O) groups is 2. The Labute approximate surface area is 105 Å². The third-order valence-electron chi connectivity index (χ3n) is 3.55. The summed E-state index contributed by atoms with van der Waals surface area (Å²) >= 11 is 0. The van der Waals surface area contributed by atoms with Crippen LogP contribution in [-0.4, -0.2) is 34.5 Å². The second kappa shape index (κ2) is 4.84. The van der Waals surface area contributed by atoms with Crippen LogP contribution in [0.25, 0.3) is 0 Å². The molecule has 0 aromatic carbocycles. The third kappa shape index (κ3) is 2.25. The van der Waals surface area contributed by atoms with Crippen molar-refractivity contribution in [2.45, 2.75) is 32.7 Å².